The summed E-state index contributed by atoms with van der Waals surface area (Å²) in [6, 6.07) is 3.52. The molecular formula is C16H19Cl2FN2. The van der Waals surface area contributed by atoms with Crippen LogP contribution in [0.3, 0.4) is 0 Å². The molecule has 1 fully saturated rings. The molecule has 1 unspecified atom stereocenters. The number of hydrogen-bond donors (Lipinski definition) is 0. The average molecular weight is 329 g/mol. The van der Waals surface area contributed by atoms with Gasteiger partial charge in [0.15, 0.2) is 0 Å². The number of nitrogens with zero attached hydrogens (tertiary/aromatic N) is 2. The lowest BCUT2D eigenvalue weighted by atomic mass is 10.1. The van der Waals surface area contributed by atoms with E-state index in [1.165, 1.54) is 18.9 Å². The second-order valence-electron chi connectivity index (χ2n) is 5.83. The summed E-state index contributed by atoms with van der Waals surface area (Å²) in [5.41, 5.74) is 1.60. The molecule has 0 spiro atoms. The smallest absolute Gasteiger partial charge is 0.144 e. The summed E-state index contributed by atoms with van der Waals surface area (Å²) in [5.74, 6) is 1.86. The molecule has 1 heterocycles. The van der Waals surface area contributed by atoms with Crippen molar-refractivity contribution in [1.29, 1.82) is 0 Å². The quantitative estimate of drug-likeness (QED) is 0.652. The molecule has 114 valence electrons. The van der Waals surface area contributed by atoms with Crippen molar-refractivity contribution in [2.24, 2.45) is 5.92 Å². The minimum atomic E-state index is -0.415. The fourth-order valence-corrected chi connectivity index (χ4v) is 3.33. The minimum absolute atomic E-state index is 0.155. The van der Waals surface area contributed by atoms with Gasteiger partial charge in [-0.3, -0.25) is 0 Å². The van der Waals surface area contributed by atoms with Gasteiger partial charge in [0.25, 0.3) is 0 Å². The van der Waals surface area contributed by atoms with Gasteiger partial charge in [-0.2, -0.15) is 0 Å². The Morgan fingerprint density at radius 1 is 1.43 bits per heavy atom. The second-order valence-corrected chi connectivity index (χ2v) is 6.62. The standard InChI is InChI=1S/C16H19Cl2FN2/c1-2-11(7-10-3-4-10)21-15-8-12(18)13(19)9-14(15)20-16(21)5-6-17/h8-11H,2-7H2,1H3. The van der Waals surface area contributed by atoms with Crippen molar-refractivity contribution in [3.8, 4) is 0 Å². The fourth-order valence-electron chi connectivity index (χ4n) is 3.00. The lowest BCUT2D eigenvalue weighted by Gasteiger charge is -2.20. The normalized spacial score (nSPS) is 16.6. The van der Waals surface area contributed by atoms with Gasteiger partial charge in [0.1, 0.15) is 11.6 Å². The summed E-state index contributed by atoms with van der Waals surface area (Å²) >= 11 is 11.9. The molecule has 1 atom stereocenters. The van der Waals surface area contributed by atoms with E-state index in [9.17, 15) is 4.39 Å². The van der Waals surface area contributed by atoms with Crippen LogP contribution in [-0.4, -0.2) is 15.4 Å². The Balaban J connectivity index is 2.11. The van der Waals surface area contributed by atoms with Crippen LogP contribution in [0.25, 0.3) is 11.0 Å². The first-order valence-electron chi connectivity index (χ1n) is 7.55. The number of hydrogen-bond acceptors (Lipinski definition) is 1. The molecular weight excluding hydrogens is 310 g/mol. The molecule has 1 saturated carbocycles. The zero-order chi connectivity index (χ0) is 15.0. The number of halogens is 3. The molecule has 0 N–H and O–H groups in total. The number of benzene rings is 1. The number of aryl methyl sites for hydroxylation is 1. The predicted molar refractivity (Wildman–Crippen MR) is 85.8 cm³/mol. The first kappa shape index (κ1) is 15.1. The van der Waals surface area contributed by atoms with E-state index in [0.717, 1.165) is 30.1 Å². The van der Waals surface area contributed by atoms with Crippen molar-refractivity contribution in [3.05, 3.63) is 28.8 Å². The van der Waals surface area contributed by atoms with Gasteiger partial charge in [-0.15, -0.1) is 11.6 Å². The maximum Gasteiger partial charge on any atom is 0.144 e. The van der Waals surface area contributed by atoms with E-state index in [1.807, 2.05) is 0 Å². The van der Waals surface area contributed by atoms with E-state index in [-0.39, 0.29) is 5.02 Å². The molecule has 21 heavy (non-hydrogen) atoms. The third-order valence-electron chi connectivity index (χ3n) is 4.26. The predicted octanol–water partition coefficient (Wildman–Crippen LogP) is 5.36. The molecule has 2 aromatic rings. The monoisotopic (exact) mass is 328 g/mol. The topological polar surface area (TPSA) is 17.8 Å². The van der Waals surface area contributed by atoms with Gasteiger partial charge in [-0.1, -0.05) is 31.4 Å². The number of aromatic nitrogens is 2. The van der Waals surface area contributed by atoms with Crippen LogP contribution >= 0.6 is 23.2 Å². The number of fused-ring (bicyclic) bond motifs is 1. The largest absolute Gasteiger partial charge is 0.325 e. The summed E-state index contributed by atoms with van der Waals surface area (Å²) < 4.78 is 15.9. The van der Waals surface area contributed by atoms with Gasteiger partial charge < -0.3 is 4.57 Å². The van der Waals surface area contributed by atoms with E-state index in [0.29, 0.717) is 23.9 Å². The Hall–Kier alpha value is -0.800. The van der Waals surface area contributed by atoms with Crippen LogP contribution in [0, 0.1) is 11.7 Å². The molecule has 1 aromatic carbocycles. The molecule has 1 aliphatic rings. The third kappa shape index (κ3) is 3.04. The summed E-state index contributed by atoms with van der Waals surface area (Å²) in [6.07, 6.45) is 5.53. The first-order valence-corrected chi connectivity index (χ1v) is 8.47. The zero-order valence-electron chi connectivity index (χ0n) is 12.1. The summed E-state index contributed by atoms with van der Waals surface area (Å²) in [6.45, 7) is 2.19. The van der Waals surface area contributed by atoms with Crippen LogP contribution in [0.5, 0.6) is 0 Å². The molecule has 0 amide bonds. The molecule has 0 saturated heterocycles. The van der Waals surface area contributed by atoms with E-state index in [1.54, 1.807) is 6.07 Å². The number of imidazole rings is 1. The highest BCUT2D eigenvalue weighted by molar-refractivity contribution is 6.31. The van der Waals surface area contributed by atoms with Gasteiger partial charge in [-0.25, -0.2) is 9.37 Å². The van der Waals surface area contributed by atoms with Gasteiger partial charge >= 0.3 is 0 Å². The Bertz CT molecular complexity index is 649. The Labute approximate surface area is 134 Å². The van der Waals surface area contributed by atoms with Crippen molar-refractivity contribution < 1.29 is 4.39 Å². The molecule has 1 aromatic heterocycles. The van der Waals surface area contributed by atoms with Gasteiger partial charge in [0.05, 0.1) is 16.1 Å². The highest BCUT2D eigenvalue weighted by Gasteiger charge is 2.27. The molecule has 1 aliphatic carbocycles. The lowest BCUT2D eigenvalue weighted by Crippen LogP contribution is -2.13. The molecule has 0 bridgehead atoms. The fraction of sp³-hybridized carbons (Fsp3) is 0.562. The van der Waals surface area contributed by atoms with Crippen LogP contribution in [0.2, 0.25) is 5.02 Å². The lowest BCUT2D eigenvalue weighted by molar-refractivity contribution is 0.426. The summed E-state index contributed by atoms with van der Waals surface area (Å²) in [7, 11) is 0. The van der Waals surface area contributed by atoms with Gasteiger partial charge in [0.2, 0.25) is 0 Å². The maximum absolute atomic E-state index is 13.7. The van der Waals surface area contributed by atoms with Gasteiger partial charge in [0, 0.05) is 24.4 Å². The van der Waals surface area contributed by atoms with Crippen LogP contribution in [0.1, 0.15) is 44.5 Å². The van der Waals surface area contributed by atoms with E-state index >= 15 is 0 Å². The first-order chi connectivity index (χ1) is 10.1. The van der Waals surface area contributed by atoms with Crippen molar-refractivity contribution in [2.45, 2.75) is 45.1 Å². The highest BCUT2D eigenvalue weighted by atomic mass is 35.5. The van der Waals surface area contributed by atoms with Crippen molar-refractivity contribution >= 4 is 34.2 Å². The number of rotatable bonds is 6. The minimum Gasteiger partial charge on any atom is -0.325 e. The van der Waals surface area contributed by atoms with Crippen LogP contribution < -0.4 is 0 Å². The second kappa shape index (κ2) is 6.13. The third-order valence-corrected chi connectivity index (χ3v) is 4.74. The van der Waals surface area contributed by atoms with E-state index in [4.69, 9.17) is 23.2 Å². The summed E-state index contributed by atoms with van der Waals surface area (Å²) in [5, 5.41) is 0.155. The van der Waals surface area contributed by atoms with Crippen LogP contribution in [-0.2, 0) is 6.42 Å². The van der Waals surface area contributed by atoms with E-state index in [2.05, 4.69) is 16.5 Å². The van der Waals surface area contributed by atoms with Crippen molar-refractivity contribution in [1.82, 2.24) is 9.55 Å². The molecule has 3 rings (SSSR count). The summed E-state index contributed by atoms with van der Waals surface area (Å²) in [4.78, 5) is 4.58. The Kier molecular flexibility index (Phi) is 4.41. The Morgan fingerprint density at radius 3 is 2.81 bits per heavy atom. The molecule has 0 aliphatic heterocycles. The number of alkyl halides is 1. The van der Waals surface area contributed by atoms with E-state index < -0.39 is 5.82 Å². The van der Waals surface area contributed by atoms with Gasteiger partial charge in [-0.05, 0) is 24.8 Å². The molecule has 5 heteroatoms. The zero-order valence-corrected chi connectivity index (χ0v) is 13.6. The maximum atomic E-state index is 13.7. The van der Waals surface area contributed by atoms with Crippen LogP contribution in [0.4, 0.5) is 4.39 Å². The van der Waals surface area contributed by atoms with Crippen molar-refractivity contribution in [2.75, 3.05) is 5.88 Å². The SMILES string of the molecule is CCC(CC1CC1)n1c(CCCl)nc2cc(F)c(Cl)cc21. The average Bonchev–Trinajstić information content (AvgIpc) is 3.21. The molecule has 0 radical (unpaired) electrons. The van der Waals surface area contributed by atoms with Crippen LogP contribution in [0.15, 0.2) is 12.1 Å². The molecule has 2 nitrogen and oxygen atoms in total. The van der Waals surface area contributed by atoms with Crippen molar-refractivity contribution in [3.63, 3.8) is 0 Å². The highest BCUT2D eigenvalue weighted by Crippen LogP contribution is 2.39. The Morgan fingerprint density at radius 2 is 2.19 bits per heavy atom.